The van der Waals surface area contributed by atoms with Crippen LogP contribution in [-0.2, 0) is 13.2 Å². The molecule has 0 bridgehead atoms. The molecular formula is C18H20FN3O2. The molecule has 1 unspecified atom stereocenters. The van der Waals surface area contributed by atoms with Crippen LogP contribution in [0.25, 0.3) is 0 Å². The van der Waals surface area contributed by atoms with E-state index in [0.29, 0.717) is 38.4 Å². The number of hydrogen-bond donors (Lipinski definition) is 0. The van der Waals surface area contributed by atoms with Gasteiger partial charge in [0.15, 0.2) is 0 Å². The fourth-order valence-corrected chi connectivity index (χ4v) is 3.23. The number of aromatic nitrogens is 2. The summed E-state index contributed by atoms with van der Waals surface area (Å²) in [5.41, 5.74) is 1.30. The number of carbonyl (C=O) groups excluding carboxylic acids is 1. The molecule has 2 aliphatic rings. The van der Waals surface area contributed by atoms with Crippen molar-refractivity contribution in [3.8, 4) is 5.75 Å². The topological polar surface area (TPSA) is 47.4 Å². The first-order valence-corrected chi connectivity index (χ1v) is 8.38. The maximum absolute atomic E-state index is 13.5. The van der Waals surface area contributed by atoms with E-state index in [0.717, 1.165) is 17.9 Å². The van der Waals surface area contributed by atoms with Crippen molar-refractivity contribution in [3.63, 3.8) is 0 Å². The fraction of sp³-hybridized carbons (Fsp3) is 0.444. The molecule has 1 aromatic heterocycles. The van der Waals surface area contributed by atoms with Crippen molar-refractivity contribution in [3.05, 3.63) is 47.8 Å². The van der Waals surface area contributed by atoms with Crippen LogP contribution in [0, 0.1) is 5.92 Å². The number of benzene rings is 1. The maximum atomic E-state index is 13.5. The highest BCUT2D eigenvalue weighted by atomic mass is 19.1. The van der Waals surface area contributed by atoms with Gasteiger partial charge in [0.1, 0.15) is 29.9 Å². The third-order valence-corrected chi connectivity index (χ3v) is 4.83. The number of nitrogens with zero attached hydrogens (tertiary/aromatic N) is 3. The molecule has 1 aromatic carbocycles. The zero-order chi connectivity index (χ0) is 16.5. The van der Waals surface area contributed by atoms with Gasteiger partial charge in [-0.05, 0) is 31.0 Å². The smallest absolute Gasteiger partial charge is 0.272 e. The molecule has 0 N–H and O–H groups in total. The number of hydrogen-bond acceptors (Lipinski definition) is 3. The number of alkyl halides is 1. The number of fused-ring (bicyclic) bond motifs is 1. The Balaban J connectivity index is 1.42. The van der Waals surface area contributed by atoms with E-state index in [1.54, 1.807) is 15.6 Å². The lowest BCUT2D eigenvalue weighted by Gasteiger charge is -2.36. The Kier molecular flexibility index (Phi) is 3.96. The molecule has 6 heteroatoms. The van der Waals surface area contributed by atoms with E-state index in [9.17, 15) is 9.18 Å². The van der Waals surface area contributed by atoms with E-state index in [4.69, 9.17) is 4.74 Å². The normalized spacial score (nSPS) is 22.9. The van der Waals surface area contributed by atoms with Crippen LogP contribution in [0.3, 0.4) is 0 Å². The largest absolute Gasteiger partial charge is 0.487 e. The SMILES string of the molecule is O=C1c2cc(COc3ccccc3)nn2CCN1C[C@@H]1CCC1F. The predicted molar refractivity (Wildman–Crippen MR) is 86.5 cm³/mol. The van der Waals surface area contributed by atoms with Crippen LogP contribution in [0.5, 0.6) is 5.75 Å². The quantitative estimate of drug-likeness (QED) is 0.847. The molecule has 2 aromatic rings. The fourth-order valence-electron chi connectivity index (χ4n) is 3.23. The third-order valence-electron chi connectivity index (χ3n) is 4.83. The summed E-state index contributed by atoms with van der Waals surface area (Å²) in [6.07, 6.45) is 0.755. The van der Waals surface area contributed by atoms with E-state index in [1.807, 2.05) is 30.3 Å². The standard InChI is InChI=1S/C18H20FN3O2/c19-16-7-6-13(16)11-21-8-9-22-17(18(21)23)10-14(20-22)12-24-15-4-2-1-3-5-15/h1-5,10,13,16H,6-9,11-12H2/t13-,16?/m0/s1. The molecule has 24 heavy (non-hydrogen) atoms. The van der Waals surface area contributed by atoms with Gasteiger partial charge in [-0.15, -0.1) is 0 Å². The average Bonchev–Trinajstić information content (AvgIpc) is 3.03. The minimum Gasteiger partial charge on any atom is -0.487 e. The van der Waals surface area contributed by atoms with Crippen molar-refractivity contribution >= 4 is 5.91 Å². The van der Waals surface area contributed by atoms with E-state index >= 15 is 0 Å². The van der Waals surface area contributed by atoms with Crippen molar-refractivity contribution in [2.24, 2.45) is 5.92 Å². The van der Waals surface area contributed by atoms with E-state index < -0.39 is 6.17 Å². The molecule has 1 aliphatic heterocycles. The van der Waals surface area contributed by atoms with Crippen molar-refractivity contribution in [2.45, 2.75) is 32.2 Å². The van der Waals surface area contributed by atoms with E-state index in [1.165, 1.54) is 0 Å². The molecule has 2 heterocycles. The van der Waals surface area contributed by atoms with Crippen molar-refractivity contribution in [1.29, 1.82) is 0 Å². The van der Waals surface area contributed by atoms with Crippen molar-refractivity contribution in [1.82, 2.24) is 14.7 Å². The number of para-hydroxylation sites is 1. The van der Waals surface area contributed by atoms with Gasteiger partial charge in [0.25, 0.3) is 5.91 Å². The average molecular weight is 329 g/mol. The first-order valence-electron chi connectivity index (χ1n) is 8.38. The Bertz CT molecular complexity index is 731. The van der Waals surface area contributed by atoms with Crippen molar-refractivity contribution in [2.75, 3.05) is 13.1 Å². The maximum Gasteiger partial charge on any atom is 0.272 e. The lowest BCUT2D eigenvalue weighted by Crippen LogP contribution is -2.46. The molecule has 0 spiro atoms. The van der Waals surface area contributed by atoms with Crippen LogP contribution >= 0.6 is 0 Å². The van der Waals surface area contributed by atoms with Gasteiger partial charge in [0.05, 0.1) is 6.54 Å². The molecule has 4 rings (SSSR count). The molecule has 2 atom stereocenters. The van der Waals surface area contributed by atoms with E-state index in [2.05, 4.69) is 5.10 Å². The van der Waals surface area contributed by atoms with Gasteiger partial charge in [-0.25, -0.2) is 4.39 Å². The Morgan fingerprint density at radius 2 is 2.04 bits per heavy atom. The van der Waals surface area contributed by atoms with Crippen LogP contribution in [0.2, 0.25) is 0 Å². The molecule has 1 fully saturated rings. The highest BCUT2D eigenvalue weighted by molar-refractivity contribution is 5.93. The molecule has 1 saturated carbocycles. The van der Waals surface area contributed by atoms with E-state index in [-0.39, 0.29) is 11.8 Å². The third kappa shape index (κ3) is 2.88. The first kappa shape index (κ1) is 15.2. The minimum absolute atomic E-state index is 0.00399. The molecule has 126 valence electrons. The molecule has 1 aliphatic carbocycles. The second-order valence-electron chi connectivity index (χ2n) is 6.45. The minimum atomic E-state index is -0.750. The van der Waals surface area contributed by atoms with Crippen LogP contribution in [0.15, 0.2) is 36.4 Å². The Labute approximate surface area is 140 Å². The predicted octanol–water partition coefficient (Wildman–Crippen LogP) is 2.67. The van der Waals surface area contributed by atoms with Gasteiger partial charge >= 0.3 is 0 Å². The summed E-state index contributed by atoms with van der Waals surface area (Å²) < 4.78 is 20.9. The zero-order valence-electron chi connectivity index (χ0n) is 13.4. The van der Waals surface area contributed by atoms with Gasteiger partial charge in [0, 0.05) is 19.0 Å². The number of halogens is 1. The first-order chi connectivity index (χ1) is 11.7. The Morgan fingerprint density at radius 1 is 1.21 bits per heavy atom. The van der Waals surface area contributed by atoms with Crippen LogP contribution in [0.1, 0.15) is 29.0 Å². The summed E-state index contributed by atoms with van der Waals surface area (Å²) in [5, 5.41) is 4.45. The van der Waals surface area contributed by atoms with Crippen LogP contribution < -0.4 is 4.74 Å². The zero-order valence-corrected chi connectivity index (χ0v) is 13.4. The number of rotatable bonds is 5. The Hall–Kier alpha value is -2.37. The summed E-state index contributed by atoms with van der Waals surface area (Å²) in [4.78, 5) is 14.3. The molecule has 5 nitrogen and oxygen atoms in total. The van der Waals surface area contributed by atoms with Crippen LogP contribution in [0.4, 0.5) is 4.39 Å². The van der Waals surface area contributed by atoms with Gasteiger partial charge < -0.3 is 9.64 Å². The summed E-state index contributed by atoms with van der Waals surface area (Å²) >= 11 is 0. The monoisotopic (exact) mass is 329 g/mol. The highest BCUT2D eigenvalue weighted by Crippen LogP contribution is 2.31. The summed E-state index contributed by atoms with van der Waals surface area (Å²) in [5.74, 6) is 0.721. The number of ether oxygens (including phenoxy) is 1. The summed E-state index contributed by atoms with van der Waals surface area (Å²) in [6.45, 7) is 2.08. The second-order valence-corrected chi connectivity index (χ2v) is 6.45. The number of carbonyl (C=O) groups is 1. The molecule has 1 amide bonds. The lowest BCUT2D eigenvalue weighted by atomic mass is 9.82. The van der Waals surface area contributed by atoms with Crippen molar-refractivity contribution < 1.29 is 13.9 Å². The molecule has 0 radical (unpaired) electrons. The molecule has 0 saturated heterocycles. The van der Waals surface area contributed by atoms with Crippen LogP contribution in [-0.4, -0.2) is 39.8 Å². The van der Waals surface area contributed by atoms with Gasteiger partial charge in [-0.1, -0.05) is 18.2 Å². The van der Waals surface area contributed by atoms with Gasteiger partial charge in [-0.2, -0.15) is 5.10 Å². The Morgan fingerprint density at radius 3 is 2.75 bits per heavy atom. The van der Waals surface area contributed by atoms with Gasteiger partial charge in [0.2, 0.25) is 0 Å². The second kappa shape index (κ2) is 6.26. The number of amides is 1. The summed E-state index contributed by atoms with van der Waals surface area (Å²) in [6, 6.07) is 11.3. The summed E-state index contributed by atoms with van der Waals surface area (Å²) in [7, 11) is 0. The highest BCUT2D eigenvalue weighted by Gasteiger charge is 2.35. The molecular weight excluding hydrogens is 309 g/mol. The van der Waals surface area contributed by atoms with Gasteiger partial charge in [-0.3, -0.25) is 9.48 Å². The lowest BCUT2D eigenvalue weighted by molar-refractivity contribution is 0.0462.